The molecular weight excluding hydrogens is 396 g/mol. The minimum absolute atomic E-state index is 0.136. The van der Waals surface area contributed by atoms with Crippen molar-refractivity contribution in [3.63, 3.8) is 0 Å². The fourth-order valence-electron chi connectivity index (χ4n) is 2.38. The monoisotopic (exact) mass is 420 g/mol. The lowest BCUT2D eigenvalue weighted by molar-refractivity contribution is 0.0943. The van der Waals surface area contributed by atoms with Crippen LogP contribution in [0.15, 0.2) is 47.4 Å². The molecule has 0 atom stereocenters. The first-order valence-corrected chi connectivity index (χ1v) is 10.5. The third-order valence-electron chi connectivity index (χ3n) is 4.03. The zero-order valence-corrected chi connectivity index (χ0v) is 17.3. The van der Waals surface area contributed by atoms with Gasteiger partial charge in [0.1, 0.15) is 0 Å². The number of carbonyl (C=O) groups excluding carboxylic acids is 2. The van der Waals surface area contributed by atoms with Crippen LogP contribution in [-0.2, 0) is 10.0 Å². The molecule has 1 amide bonds. The molecule has 0 unspecified atom stereocenters. The van der Waals surface area contributed by atoms with E-state index in [-0.39, 0.29) is 21.8 Å². The lowest BCUT2D eigenvalue weighted by Gasteiger charge is -2.13. The number of ketones is 1. The highest BCUT2D eigenvalue weighted by molar-refractivity contribution is 7.89. The zero-order valence-electron chi connectivity index (χ0n) is 16.5. The van der Waals surface area contributed by atoms with Crippen molar-refractivity contribution in [3.05, 3.63) is 53.6 Å². The van der Waals surface area contributed by atoms with E-state index in [1.165, 1.54) is 50.4 Å². The molecule has 0 aliphatic carbocycles. The van der Waals surface area contributed by atoms with Crippen LogP contribution in [0, 0.1) is 0 Å². The van der Waals surface area contributed by atoms with E-state index < -0.39 is 15.9 Å². The van der Waals surface area contributed by atoms with Crippen LogP contribution in [0.1, 0.15) is 47.4 Å². The third-order valence-corrected chi connectivity index (χ3v) is 5.28. The van der Waals surface area contributed by atoms with Gasteiger partial charge in [-0.3, -0.25) is 15.0 Å². The van der Waals surface area contributed by atoms with Crippen LogP contribution >= 0.6 is 0 Å². The van der Waals surface area contributed by atoms with E-state index >= 15 is 0 Å². The molecule has 0 spiro atoms. The number of amides is 1. The fourth-order valence-corrected chi connectivity index (χ4v) is 3.27. The highest BCUT2D eigenvalue weighted by atomic mass is 32.2. The van der Waals surface area contributed by atoms with Gasteiger partial charge in [0.05, 0.1) is 18.6 Å². The first kappa shape index (κ1) is 22.4. The molecule has 0 saturated carbocycles. The molecule has 2 aromatic carbocycles. The van der Waals surface area contributed by atoms with Crippen LogP contribution in [0.4, 0.5) is 0 Å². The highest BCUT2D eigenvalue weighted by Crippen LogP contribution is 2.28. The molecule has 0 aromatic heterocycles. The van der Waals surface area contributed by atoms with E-state index in [2.05, 4.69) is 5.43 Å². The Morgan fingerprint density at radius 2 is 1.79 bits per heavy atom. The van der Waals surface area contributed by atoms with Gasteiger partial charge < -0.3 is 9.47 Å². The van der Waals surface area contributed by atoms with Gasteiger partial charge in [0, 0.05) is 11.1 Å². The van der Waals surface area contributed by atoms with E-state index in [1.807, 2.05) is 11.8 Å². The first-order valence-electron chi connectivity index (χ1n) is 9.02. The summed E-state index contributed by atoms with van der Waals surface area (Å²) >= 11 is 0. The Hall–Kier alpha value is -2.91. The van der Waals surface area contributed by atoms with Gasteiger partial charge >= 0.3 is 0 Å². The van der Waals surface area contributed by atoms with Crippen molar-refractivity contribution in [2.75, 3.05) is 13.7 Å². The molecule has 29 heavy (non-hydrogen) atoms. The van der Waals surface area contributed by atoms with E-state index in [0.717, 1.165) is 12.8 Å². The quantitative estimate of drug-likeness (QED) is 0.347. The lowest BCUT2D eigenvalue weighted by Crippen LogP contribution is -2.41. The SMILES string of the molecule is CCCCOc1ccc(C(=O)NNS(=O)(=O)c2cccc(C(C)=O)c2)cc1OC. The molecular formula is C20H24N2O6S. The van der Waals surface area contributed by atoms with E-state index in [1.54, 1.807) is 6.07 Å². The minimum Gasteiger partial charge on any atom is -0.493 e. The summed E-state index contributed by atoms with van der Waals surface area (Å²) in [4.78, 5) is 25.7. The summed E-state index contributed by atoms with van der Waals surface area (Å²) in [6.45, 7) is 3.91. The van der Waals surface area contributed by atoms with Gasteiger partial charge in [-0.05, 0) is 43.7 Å². The van der Waals surface area contributed by atoms with Crippen LogP contribution in [0.2, 0.25) is 0 Å². The molecule has 8 nitrogen and oxygen atoms in total. The van der Waals surface area contributed by atoms with E-state index in [4.69, 9.17) is 9.47 Å². The van der Waals surface area contributed by atoms with Gasteiger partial charge in [0.2, 0.25) is 0 Å². The lowest BCUT2D eigenvalue weighted by atomic mass is 10.2. The Balaban J connectivity index is 2.10. The Morgan fingerprint density at radius 1 is 1.03 bits per heavy atom. The second-order valence-corrected chi connectivity index (χ2v) is 7.89. The number of unbranched alkanes of at least 4 members (excludes halogenated alkanes) is 1. The summed E-state index contributed by atoms with van der Waals surface area (Å²) in [5.41, 5.74) is 2.59. The number of rotatable bonds is 10. The molecule has 0 saturated heterocycles. The molecule has 0 heterocycles. The van der Waals surface area contributed by atoms with Gasteiger partial charge in [-0.25, -0.2) is 8.42 Å². The van der Waals surface area contributed by atoms with E-state index in [9.17, 15) is 18.0 Å². The number of ether oxygens (including phenoxy) is 2. The summed E-state index contributed by atoms with van der Waals surface area (Å²) in [5, 5.41) is 0. The van der Waals surface area contributed by atoms with Crippen molar-refractivity contribution >= 4 is 21.7 Å². The van der Waals surface area contributed by atoms with Gasteiger partial charge in [0.25, 0.3) is 15.9 Å². The molecule has 2 aromatic rings. The summed E-state index contributed by atoms with van der Waals surface area (Å²) in [7, 11) is -2.60. The van der Waals surface area contributed by atoms with Crippen molar-refractivity contribution in [3.8, 4) is 11.5 Å². The van der Waals surface area contributed by atoms with Crippen LogP contribution in [0.3, 0.4) is 0 Å². The molecule has 0 bridgehead atoms. The van der Waals surface area contributed by atoms with Crippen molar-refractivity contribution in [2.45, 2.75) is 31.6 Å². The Bertz CT molecular complexity index is 988. The van der Waals surface area contributed by atoms with Crippen LogP contribution in [0.5, 0.6) is 11.5 Å². The maximum absolute atomic E-state index is 12.4. The topological polar surface area (TPSA) is 111 Å². The number of methoxy groups -OCH3 is 1. The van der Waals surface area contributed by atoms with Gasteiger partial charge in [0.15, 0.2) is 17.3 Å². The van der Waals surface area contributed by atoms with Crippen LogP contribution in [0.25, 0.3) is 0 Å². The number of Topliss-reactive ketones (excluding diaryl/α,β-unsaturated/α-hetero) is 1. The first-order chi connectivity index (χ1) is 13.8. The largest absolute Gasteiger partial charge is 0.493 e. The van der Waals surface area contributed by atoms with Crippen LogP contribution < -0.4 is 19.7 Å². The molecule has 2 N–H and O–H groups in total. The van der Waals surface area contributed by atoms with Crippen molar-refractivity contribution in [1.29, 1.82) is 0 Å². The second kappa shape index (κ2) is 10.0. The average Bonchev–Trinajstić information content (AvgIpc) is 2.72. The number of hydrogen-bond acceptors (Lipinski definition) is 6. The molecule has 0 aliphatic heterocycles. The van der Waals surface area contributed by atoms with E-state index in [0.29, 0.717) is 18.1 Å². The Morgan fingerprint density at radius 3 is 2.45 bits per heavy atom. The van der Waals surface area contributed by atoms with Gasteiger partial charge in [-0.15, -0.1) is 4.83 Å². The summed E-state index contributed by atoms with van der Waals surface area (Å²) in [5.74, 6) is -0.0703. The normalized spacial score (nSPS) is 11.0. The van der Waals surface area contributed by atoms with Crippen molar-refractivity contribution < 1.29 is 27.5 Å². The zero-order chi connectivity index (χ0) is 21.4. The Kier molecular flexibility index (Phi) is 7.74. The number of benzene rings is 2. The molecule has 0 aliphatic rings. The molecule has 0 radical (unpaired) electrons. The molecule has 9 heteroatoms. The fraction of sp³-hybridized carbons (Fsp3) is 0.300. The third kappa shape index (κ3) is 6.03. The molecule has 156 valence electrons. The maximum atomic E-state index is 12.4. The number of hydrogen-bond donors (Lipinski definition) is 2. The predicted molar refractivity (Wildman–Crippen MR) is 108 cm³/mol. The second-order valence-electron chi connectivity index (χ2n) is 6.21. The Labute approximate surface area is 170 Å². The highest BCUT2D eigenvalue weighted by Gasteiger charge is 2.18. The molecule has 0 fully saturated rings. The van der Waals surface area contributed by atoms with Gasteiger partial charge in [-0.2, -0.15) is 0 Å². The minimum atomic E-state index is -4.05. The number of carbonyl (C=O) groups is 2. The van der Waals surface area contributed by atoms with Crippen molar-refractivity contribution in [1.82, 2.24) is 10.3 Å². The number of nitrogens with one attached hydrogen (secondary N) is 2. The summed E-state index contributed by atoms with van der Waals surface area (Å²) in [6, 6.07) is 10.1. The molecule has 2 rings (SSSR count). The average molecular weight is 420 g/mol. The standard InChI is InChI=1S/C20H24N2O6S/c1-4-5-11-28-18-10-9-16(13-19(18)27-3)20(24)21-22-29(25,26)17-8-6-7-15(12-17)14(2)23/h6-10,12-13,22H,4-5,11H2,1-3H3,(H,21,24). The number of sulfonamides is 1. The van der Waals surface area contributed by atoms with Crippen LogP contribution in [-0.4, -0.2) is 33.8 Å². The van der Waals surface area contributed by atoms with Gasteiger partial charge in [-0.1, -0.05) is 25.5 Å². The van der Waals surface area contributed by atoms with Crippen molar-refractivity contribution in [2.24, 2.45) is 0 Å². The predicted octanol–water partition coefficient (Wildman–Crippen LogP) is 2.70. The maximum Gasteiger partial charge on any atom is 0.266 e. The summed E-state index contributed by atoms with van der Waals surface area (Å²) < 4.78 is 35.6. The summed E-state index contributed by atoms with van der Waals surface area (Å²) in [6.07, 6.45) is 1.87. The smallest absolute Gasteiger partial charge is 0.266 e. The number of hydrazine groups is 1.